The predicted molar refractivity (Wildman–Crippen MR) is 92.9 cm³/mol. The highest BCUT2D eigenvalue weighted by molar-refractivity contribution is 7.80. The van der Waals surface area contributed by atoms with E-state index in [0.29, 0.717) is 10.8 Å². The maximum Gasteiger partial charge on any atom is 0.416 e. The monoisotopic (exact) mass is 374 g/mol. The van der Waals surface area contributed by atoms with Crippen LogP contribution in [-0.2, 0) is 6.18 Å². The molecule has 0 aromatic heterocycles. The molecule has 2 aromatic carbocycles. The van der Waals surface area contributed by atoms with Crippen LogP contribution in [0.25, 0.3) is 0 Å². The highest BCUT2D eigenvalue weighted by Gasteiger charge is 2.31. The lowest BCUT2D eigenvalue weighted by atomic mass is 10.1. The molecule has 0 aliphatic heterocycles. The molecule has 2 rings (SSSR count). The summed E-state index contributed by atoms with van der Waals surface area (Å²) in [6, 6.07) is 6.41. The van der Waals surface area contributed by atoms with Gasteiger partial charge in [0, 0.05) is 5.02 Å². The van der Waals surface area contributed by atoms with E-state index in [4.69, 9.17) is 34.3 Å². The Morgan fingerprint density at radius 1 is 1.17 bits per heavy atom. The number of thiocarbonyl (C=S) groups is 1. The second kappa shape index (κ2) is 6.86. The lowest BCUT2D eigenvalue weighted by Gasteiger charge is -2.16. The first kappa shape index (κ1) is 18.4. The SMILES string of the molecule is Cc1cc(Oc2ccc(C(F)(F)F)cc2NC(N)=S)cc(C)c1Cl. The molecular weight excluding hydrogens is 361 g/mol. The number of aryl methyl sites for hydroxylation is 2. The minimum absolute atomic E-state index is 0.0302. The molecular formula is C16H14ClF3N2OS. The van der Waals surface area contributed by atoms with Crippen LogP contribution >= 0.6 is 23.8 Å². The normalized spacial score (nSPS) is 11.2. The van der Waals surface area contributed by atoms with Crippen LogP contribution in [0, 0.1) is 13.8 Å². The molecule has 0 radical (unpaired) electrons. The molecule has 3 N–H and O–H groups in total. The summed E-state index contributed by atoms with van der Waals surface area (Å²) in [6.45, 7) is 3.62. The maximum absolute atomic E-state index is 12.9. The summed E-state index contributed by atoms with van der Waals surface area (Å²) in [5.41, 5.74) is 6.16. The number of halogens is 4. The number of nitrogens with two attached hydrogens (primary N) is 1. The summed E-state index contributed by atoms with van der Waals surface area (Å²) in [7, 11) is 0. The van der Waals surface area contributed by atoms with Crippen LogP contribution in [0.5, 0.6) is 11.5 Å². The van der Waals surface area contributed by atoms with Crippen LogP contribution in [-0.4, -0.2) is 5.11 Å². The van der Waals surface area contributed by atoms with Crippen LogP contribution in [0.15, 0.2) is 30.3 Å². The van der Waals surface area contributed by atoms with Crippen molar-refractivity contribution in [2.75, 3.05) is 5.32 Å². The van der Waals surface area contributed by atoms with Gasteiger partial charge in [-0.1, -0.05) is 11.6 Å². The van der Waals surface area contributed by atoms with Crippen LogP contribution in [0.1, 0.15) is 16.7 Å². The molecule has 0 aliphatic carbocycles. The average molecular weight is 375 g/mol. The van der Waals surface area contributed by atoms with E-state index in [-0.39, 0.29) is 16.5 Å². The Morgan fingerprint density at radius 2 is 1.75 bits per heavy atom. The van der Waals surface area contributed by atoms with E-state index in [1.54, 1.807) is 12.1 Å². The van der Waals surface area contributed by atoms with E-state index in [1.807, 2.05) is 13.8 Å². The molecule has 0 amide bonds. The van der Waals surface area contributed by atoms with E-state index < -0.39 is 11.7 Å². The summed E-state index contributed by atoms with van der Waals surface area (Å²) in [6.07, 6.45) is -4.49. The Kier molecular flexibility index (Phi) is 5.25. The van der Waals surface area contributed by atoms with Gasteiger partial charge in [0.1, 0.15) is 5.75 Å². The van der Waals surface area contributed by atoms with Crippen molar-refractivity contribution in [2.24, 2.45) is 5.73 Å². The minimum Gasteiger partial charge on any atom is -0.455 e. The van der Waals surface area contributed by atoms with Gasteiger partial charge in [0.05, 0.1) is 11.3 Å². The zero-order valence-corrected chi connectivity index (χ0v) is 14.4. The van der Waals surface area contributed by atoms with Gasteiger partial charge in [-0.3, -0.25) is 0 Å². The standard InChI is InChI=1S/C16H14ClF3N2OS/c1-8-5-11(6-9(2)14(8)17)23-13-4-3-10(16(18,19)20)7-12(13)22-15(21)24/h3-7H,1-2H3,(H3,21,22,24). The first-order chi connectivity index (χ1) is 11.1. The Hall–Kier alpha value is -1.99. The van der Waals surface area contributed by atoms with Crippen LogP contribution < -0.4 is 15.8 Å². The molecule has 0 unspecified atom stereocenters. The molecule has 8 heteroatoms. The van der Waals surface area contributed by atoms with Crippen molar-refractivity contribution in [3.8, 4) is 11.5 Å². The fourth-order valence-electron chi connectivity index (χ4n) is 2.12. The summed E-state index contributed by atoms with van der Waals surface area (Å²) in [5.74, 6) is 0.608. The number of anilines is 1. The van der Waals surface area contributed by atoms with E-state index in [2.05, 4.69) is 5.32 Å². The fraction of sp³-hybridized carbons (Fsp3) is 0.188. The van der Waals surface area contributed by atoms with Gasteiger partial charge in [0.25, 0.3) is 0 Å². The number of alkyl halides is 3. The van der Waals surface area contributed by atoms with E-state index in [9.17, 15) is 13.2 Å². The van der Waals surface area contributed by atoms with Crippen molar-refractivity contribution in [1.82, 2.24) is 0 Å². The first-order valence-corrected chi connectivity index (χ1v) is 7.59. The Morgan fingerprint density at radius 3 is 2.25 bits per heavy atom. The van der Waals surface area contributed by atoms with Crippen molar-refractivity contribution >= 4 is 34.6 Å². The van der Waals surface area contributed by atoms with Gasteiger partial charge in [0.2, 0.25) is 0 Å². The van der Waals surface area contributed by atoms with E-state index in [1.165, 1.54) is 6.07 Å². The highest BCUT2D eigenvalue weighted by atomic mass is 35.5. The van der Waals surface area contributed by atoms with Gasteiger partial charge >= 0.3 is 6.18 Å². The maximum atomic E-state index is 12.9. The highest BCUT2D eigenvalue weighted by Crippen LogP contribution is 2.37. The zero-order chi connectivity index (χ0) is 18.1. The molecule has 2 aromatic rings. The van der Waals surface area contributed by atoms with Gasteiger partial charge < -0.3 is 15.8 Å². The minimum atomic E-state index is -4.49. The van der Waals surface area contributed by atoms with E-state index in [0.717, 1.165) is 23.3 Å². The second-order valence-corrected chi connectivity index (χ2v) is 5.99. The van der Waals surface area contributed by atoms with Crippen LogP contribution in [0.4, 0.5) is 18.9 Å². The Bertz CT molecular complexity index is 770. The number of nitrogens with one attached hydrogen (secondary N) is 1. The summed E-state index contributed by atoms with van der Waals surface area (Å²) in [5, 5.41) is 2.95. The quantitative estimate of drug-likeness (QED) is 0.704. The third kappa shape index (κ3) is 4.30. The van der Waals surface area contributed by atoms with Gasteiger partial charge in [-0.25, -0.2) is 0 Å². The molecule has 0 spiro atoms. The Labute approximate surface area is 147 Å². The molecule has 0 atom stereocenters. The molecule has 0 fully saturated rings. The zero-order valence-electron chi connectivity index (χ0n) is 12.8. The number of hydrogen-bond donors (Lipinski definition) is 2. The van der Waals surface area contributed by atoms with Crippen molar-refractivity contribution in [1.29, 1.82) is 0 Å². The number of rotatable bonds is 3. The number of hydrogen-bond acceptors (Lipinski definition) is 2. The number of ether oxygens (including phenoxy) is 1. The summed E-state index contributed by atoms with van der Waals surface area (Å²) >= 11 is 10.8. The molecule has 128 valence electrons. The summed E-state index contributed by atoms with van der Waals surface area (Å²) in [4.78, 5) is 0. The largest absolute Gasteiger partial charge is 0.455 e. The van der Waals surface area contributed by atoms with Gasteiger partial charge in [-0.2, -0.15) is 13.2 Å². The van der Waals surface area contributed by atoms with Crippen molar-refractivity contribution < 1.29 is 17.9 Å². The topological polar surface area (TPSA) is 47.3 Å². The van der Waals surface area contributed by atoms with Crippen LogP contribution in [0.3, 0.4) is 0 Å². The third-order valence-electron chi connectivity index (χ3n) is 3.20. The molecule has 0 saturated carbocycles. The number of benzene rings is 2. The average Bonchev–Trinajstić information content (AvgIpc) is 2.44. The van der Waals surface area contributed by atoms with Gasteiger partial charge in [-0.05, 0) is 67.5 Å². The van der Waals surface area contributed by atoms with Gasteiger partial charge in [-0.15, -0.1) is 0 Å². The Balaban J connectivity index is 2.44. The van der Waals surface area contributed by atoms with Crippen molar-refractivity contribution in [3.63, 3.8) is 0 Å². The second-order valence-electron chi connectivity index (χ2n) is 5.17. The fourth-order valence-corrected chi connectivity index (χ4v) is 2.34. The molecule has 0 saturated heterocycles. The predicted octanol–water partition coefficient (Wildman–Crippen LogP) is 5.42. The van der Waals surface area contributed by atoms with Crippen molar-refractivity contribution in [3.05, 3.63) is 52.0 Å². The van der Waals surface area contributed by atoms with E-state index >= 15 is 0 Å². The smallest absolute Gasteiger partial charge is 0.416 e. The van der Waals surface area contributed by atoms with Gasteiger partial charge in [0.15, 0.2) is 10.9 Å². The van der Waals surface area contributed by atoms with Crippen LogP contribution in [0.2, 0.25) is 5.02 Å². The molecule has 3 nitrogen and oxygen atoms in total. The molecule has 0 bridgehead atoms. The lowest BCUT2D eigenvalue weighted by Crippen LogP contribution is -2.20. The first-order valence-electron chi connectivity index (χ1n) is 6.80. The lowest BCUT2D eigenvalue weighted by molar-refractivity contribution is -0.137. The molecule has 0 heterocycles. The molecule has 0 aliphatic rings. The third-order valence-corrected chi connectivity index (χ3v) is 3.90. The molecule has 24 heavy (non-hydrogen) atoms. The van der Waals surface area contributed by atoms with Crippen molar-refractivity contribution in [2.45, 2.75) is 20.0 Å². The summed E-state index contributed by atoms with van der Waals surface area (Å²) < 4.78 is 44.3.